The van der Waals surface area contributed by atoms with Gasteiger partial charge in [-0.3, -0.25) is 74.7 Å². The van der Waals surface area contributed by atoms with Gasteiger partial charge in [0, 0.05) is 10.8 Å². The molecule has 0 aromatic carbocycles. The fraction of sp³-hybridized carbons (Fsp3) is 0.513. The number of nitrogen functional groups attached to an aromatic ring is 4. The third-order valence-corrected chi connectivity index (χ3v) is 17.2. The number of aliphatic hydroxyl groups excluding tert-OH is 5. The van der Waals surface area contributed by atoms with E-state index in [-0.39, 0.29) is 39.3 Å². The van der Waals surface area contributed by atoms with E-state index in [2.05, 4.69) is 49.8 Å². The van der Waals surface area contributed by atoms with E-state index in [1.54, 1.807) is 0 Å². The van der Waals surface area contributed by atoms with Gasteiger partial charge in [0.15, 0.2) is 58.4 Å². The largest absolute Gasteiger partial charge is 0.694 e. The number of hydrogen-bond acceptors (Lipinski definition) is 35. The number of nitrogens with two attached hydrogens (primary N) is 4. The van der Waals surface area contributed by atoms with E-state index in [9.17, 15) is 82.5 Å². The molecule has 0 radical (unpaired) electrons. The Bertz CT molecular complexity index is 4260. The number of nitrogens with zero attached hydrogens (tertiary/aromatic N) is 11. The van der Waals surface area contributed by atoms with Gasteiger partial charge in [-0.25, -0.2) is 33.4 Å². The first-order chi connectivity index (χ1) is 42.0. The molecule has 20 atom stereocenters. The summed E-state index contributed by atoms with van der Waals surface area (Å²) in [7, 11) is -20.4. The smallest absolute Gasteiger partial charge is 0.387 e. The van der Waals surface area contributed by atoms with Gasteiger partial charge in [-0.05, 0) is 6.07 Å². The maximum absolute atomic E-state index is 14.2. The Balaban J connectivity index is 0.834. The Hall–Kier alpha value is -6.88. The summed E-state index contributed by atoms with van der Waals surface area (Å²) in [5.74, 6) is -1.51. The number of imidazole rings is 3. The molecule has 4 unspecified atom stereocenters. The molecule has 4 aliphatic rings. The number of H-pyrrole nitrogens is 3. The molecule has 0 spiro atoms. The molecule has 0 amide bonds. The van der Waals surface area contributed by atoms with Crippen molar-refractivity contribution in [1.29, 1.82) is 0 Å². The minimum absolute atomic E-state index is 0.193. The van der Waals surface area contributed by atoms with Gasteiger partial charge in [0.25, 0.3) is 16.7 Å². The number of fused-ring (bicyclic) bond motifs is 3. The van der Waals surface area contributed by atoms with E-state index >= 15 is 0 Å². The van der Waals surface area contributed by atoms with Crippen molar-refractivity contribution < 1.29 is 114 Å². The van der Waals surface area contributed by atoms with Crippen LogP contribution >= 0.6 is 31.7 Å². The molecule has 0 saturated carbocycles. The predicted octanol–water partition coefficient (Wildman–Crippen LogP) is -6.46. The van der Waals surface area contributed by atoms with Crippen LogP contribution in [0.4, 0.5) is 23.7 Å². The molecular weight excluding hydrogens is 1290 g/mol. The third kappa shape index (κ3) is 12.8. The van der Waals surface area contributed by atoms with Gasteiger partial charge in [0.2, 0.25) is 17.8 Å². The van der Waals surface area contributed by atoms with Crippen molar-refractivity contribution in [2.75, 3.05) is 49.4 Å². The normalized spacial score (nSPS) is 31.2. The van der Waals surface area contributed by atoms with Crippen molar-refractivity contribution >= 4 is 88.9 Å². The number of ether oxygens (including phenoxy) is 4. The van der Waals surface area contributed by atoms with E-state index in [1.807, 2.05) is 0 Å². The van der Waals surface area contributed by atoms with Crippen LogP contribution in [-0.2, 0) is 68.9 Å². The predicted molar refractivity (Wildman–Crippen MR) is 284 cm³/mol. The van der Waals surface area contributed by atoms with Gasteiger partial charge < -0.3 is 82.1 Å². The Morgan fingerprint density at radius 2 is 0.843 bits per heavy atom. The average molecular weight is 1340 g/mol. The van der Waals surface area contributed by atoms with Crippen molar-refractivity contribution in [3.63, 3.8) is 0 Å². The van der Waals surface area contributed by atoms with E-state index in [0.717, 1.165) is 43.4 Å². The van der Waals surface area contributed by atoms with Crippen LogP contribution in [0, 0.1) is 0 Å². The average Bonchev–Trinajstić information content (AvgIpc) is 1.64. The van der Waals surface area contributed by atoms with Crippen molar-refractivity contribution in [2.45, 2.75) is 98.2 Å². The molecule has 50 heteroatoms. The van der Waals surface area contributed by atoms with Gasteiger partial charge in [-0.1, -0.05) is 0 Å². The topological polar surface area (TPSA) is 682 Å². The molecule has 0 aliphatic carbocycles. The molecule has 482 valence electrons. The molecule has 7 aromatic heterocycles. The molecule has 11 heterocycles. The van der Waals surface area contributed by atoms with E-state index in [4.69, 9.17) is 73.5 Å². The van der Waals surface area contributed by atoms with E-state index < -0.39 is 197 Å². The first kappa shape index (κ1) is 63.7. The molecule has 89 heavy (non-hydrogen) atoms. The number of rotatable bonds is 22. The van der Waals surface area contributed by atoms with Crippen LogP contribution in [-0.4, -0.2) is 213 Å². The van der Waals surface area contributed by atoms with E-state index in [1.165, 1.54) is 6.07 Å². The number of aromatic amines is 3. The molecular formula is C39H49N18O28P4+. The number of phosphoric acid groups is 3. The molecule has 20 N–H and O–H groups in total. The first-order valence-electron chi connectivity index (χ1n) is 25.3. The van der Waals surface area contributed by atoms with Crippen LogP contribution in [0.3, 0.4) is 0 Å². The molecule has 4 aliphatic heterocycles. The van der Waals surface area contributed by atoms with Crippen LogP contribution in [0.15, 0.2) is 50.4 Å². The van der Waals surface area contributed by atoms with Crippen LogP contribution in [0.2, 0.25) is 0 Å². The summed E-state index contributed by atoms with van der Waals surface area (Å²) in [6.07, 6.45) is -27.2. The van der Waals surface area contributed by atoms with Crippen molar-refractivity contribution in [3.05, 3.63) is 72.8 Å². The lowest BCUT2D eigenvalue weighted by Gasteiger charge is -2.26. The zero-order chi connectivity index (χ0) is 63.9. The summed E-state index contributed by atoms with van der Waals surface area (Å²) in [5.41, 5.74) is 17.2. The molecule has 7 aromatic rings. The fourth-order valence-corrected chi connectivity index (χ4v) is 13.1. The SMILES string of the molecule is Nc1ccn([C@@H]2O[C@H](COP(=O)(O)O[C@H]3[C@@H](O)[C@H](n4cnc5c(=O)[nH]c(N)nc54)O[C@@H]3COP(=O)(O)O[C@H]3[C@@H](O)[C@H](n4cnc5c(=O)[nH]c(N)nc54)O[C@@H]3COP(=O)(O)O[C@H]3[C@@H](O)[C@H](n4cnc5c(=O)[nH]c(N)nc54)O[C@@H]3CO[P+](=O)O)[C@@H](O)[C@H]2O)c(=O)n1. The van der Waals surface area contributed by atoms with Crippen LogP contribution in [0.25, 0.3) is 33.5 Å². The second kappa shape index (κ2) is 24.4. The first-order valence-corrected chi connectivity index (χ1v) is 30.9. The highest BCUT2D eigenvalue weighted by atomic mass is 31.2. The van der Waals surface area contributed by atoms with Crippen LogP contribution in [0.1, 0.15) is 24.9 Å². The molecule has 4 fully saturated rings. The Morgan fingerprint density at radius 3 is 1.20 bits per heavy atom. The Kier molecular flexibility index (Phi) is 17.5. The number of nitrogens with one attached hydrogen (secondary N) is 3. The van der Waals surface area contributed by atoms with Gasteiger partial charge in [-0.15, -0.1) is 9.42 Å². The lowest BCUT2D eigenvalue weighted by atomic mass is 10.1. The summed E-state index contributed by atoms with van der Waals surface area (Å²) < 4.78 is 117. The number of aliphatic hydroxyl groups is 5. The molecule has 0 bridgehead atoms. The zero-order valence-electron chi connectivity index (χ0n) is 44.3. The second-order valence-corrected chi connectivity index (χ2v) is 24.6. The third-order valence-electron chi connectivity index (χ3n) is 13.9. The second-order valence-electron chi connectivity index (χ2n) is 19.6. The quantitative estimate of drug-likeness (QED) is 0.0281. The van der Waals surface area contributed by atoms with Crippen molar-refractivity contribution in [1.82, 2.24) is 68.1 Å². The summed E-state index contributed by atoms with van der Waals surface area (Å²) in [6.45, 7) is -4.57. The highest BCUT2D eigenvalue weighted by molar-refractivity contribution is 7.48. The standard InChI is InChI=1S/C39H48N18O28P4/c40-14-1-2-54(39(66)47-14)32-19(59)18(58)10(79-32)4-76-87(69,70)84-24-12(81-34(21(24)61)56-8-45-16-27(56)49-37(42)52-30(16)64)6-78-89(73,74)85-25-13(82-35(22(25)62)57-9-46-17-28(57)50-38(43)53-31(17)65)5-77-88(71,72)83-23-11(3-75-86(67)68)80-33(20(23)60)55-7-44-15-26(55)48-36(41)51-29(15)63/h1-2,7-13,18-25,32-35,58-62H,3-6H2,(H14-,40,41,42,43,47,48,49,50,51,52,53,63,64,65,66,67,68,69,70,71,72,73,74)/p+1/t10-,11-,12-,13-,18-,19-,20-,21-,22-,23-,24-,25-,32-,33-,34-,35-/m1/s1. The van der Waals surface area contributed by atoms with Gasteiger partial charge >= 0.3 is 37.4 Å². The van der Waals surface area contributed by atoms with Crippen LogP contribution < -0.4 is 45.3 Å². The van der Waals surface area contributed by atoms with Gasteiger partial charge in [0.1, 0.15) is 85.7 Å². The highest BCUT2D eigenvalue weighted by Gasteiger charge is 2.55. The van der Waals surface area contributed by atoms with Gasteiger partial charge in [-0.2, -0.15) is 19.9 Å². The minimum atomic E-state index is -5.82. The van der Waals surface area contributed by atoms with E-state index in [0.29, 0.717) is 0 Å². The summed E-state index contributed by atoms with van der Waals surface area (Å²) >= 11 is 0. The monoisotopic (exact) mass is 1340 g/mol. The van der Waals surface area contributed by atoms with Crippen molar-refractivity contribution in [2.24, 2.45) is 0 Å². The van der Waals surface area contributed by atoms with Crippen LogP contribution in [0.5, 0.6) is 0 Å². The summed E-state index contributed by atoms with van der Waals surface area (Å²) in [6, 6.07) is 1.17. The molecule has 4 saturated heterocycles. The van der Waals surface area contributed by atoms with Gasteiger partial charge in [0.05, 0.1) is 38.8 Å². The number of anilines is 4. The number of phosphoric ester groups is 3. The lowest BCUT2D eigenvalue weighted by Crippen LogP contribution is -2.38. The number of aromatic nitrogens is 14. The highest BCUT2D eigenvalue weighted by Crippen LogP contribution is 2.54. The summed E-state index contributed by atoms with van der Waals surface area (Å²) in [4.78, 5) is 127. The minimum Gasteiger partial charge on any atom is -0.387 e. The van der Waals surface area contributed by atoms with Crippen molar-refractivity contribution in [3.8, 4) is 0 Å². The molecule has 11 rings (SSSR count). The number of hydrogen-bond donors (Lipinski definition) is 16. The Labute approximate surface area is 490 Å². The fourth-order valence-electron chi connectivity index (χ4n) is 9.94. The maximum Gasteiger partial charge on any atom is 0.694 e. The Morgan fingerprint density at radius 1 is 0.506 bits per heavy atom. The zero-order valence-corrected chi connectivity index (χ0v) is 47.8. The maximum atomic E-state index is 14.2. The summed E-state index contributed by atoms with van der Waals surface area (Å²) in [5, 5.41) is 56.6. The lowest BCUT2D eigenvalue weighted by molar-refractivity contribution is -0.0639. The molecule has 46 nitrogen and oxygen atoms in total.